The van der Waals surface area contributed by atoms with Crippen LogP contribution in [0.25, 0.3) is 10.4 Å². The molecule has 1 N–H and O–H groups in total. The molecule has 0 aromatic rings. The summed E-state index contributed by atoms with van der Waals surface area (Å²) in [7, 11) is 0. The van der Waals surface area contributed by atoms with Crippen LogP contribution >= 0.6 is 0 Å². The molecule has 0 radical (unpaired) electrons. The van der Waals surface area contributed by atoms with E-state index in [2.05, 4.69) is 15.3 Å². The van der Waals surface area contributed by atoms with Crippen molar-refractivity contribution in [3.63, 3.8) is 0 Å². The van der Waals surface area contributed by atoms with Crippen LogP contribution in [0.15, 0.2) is 5.11 Å². The van der Waals surface area contributed by atoms with Gasteiger partial charge in [-0.05, 0) is 74.7 Å². The summed E-state index contributed by atoms with van der Waals surface area (Å²) in [5, 5.41) is 6.51. The van der Waals surface area contributed by atoms with Gasteiger partial charge in [0.1, 0.15) is 11.8 Å². The predicted molar refractivity (Wildman–Crippen MR) is 82.4 cm³/mol. The van der Waals surface area contributed by atoms with E-state index in [0.29, 0.717) is 6.61 Å². The van der Waals surface area contributed by atoms with Gasteiger partial charge in [0.15, 0.2) is 0 Å². The highest BCUT2D eigenvalue weighted by molar-refractivity contribution is 5.68. The number of ether oxygens (including phenoxy) is 2. The molecule has 4 saturated carbocycles. The number of azide groups is 1. The van der Waals surface area contributed by atoms with E-state index in [1.807, 2.05) is 0 Å². The van der Waals surface area contributed by atoms with E-state index in [1.54, 1.807) is 0 Å². The summed E-state index contributed by atoms with van der Waals surface area (Å²) in [4.78, 5) is 15.2. The molecule has 1 aliphatic heterocycles. The van der Waals surface area contributed by atoms with E-state index in [1.165, 1.54) is 19.3 Å². The zero-order valence-electron chi connectivity index (χ0n) is 13.3. The van der Waals surface area contributed by atoms with Gasteiger partial charge in [-0.25, -0.2) is 4.79 Å². The van der Waals surface area contributed by atoms with Crippen LogP contribution in [-0.2, 0) is 9.47 Å². The fourth-order valence-corrected chi connectivity index (χ4v) is 5.59. The first-order chi connectivity index (χ1) is 11.2. The first-order valence-electron chi connectivity index (χ1n) is 8.81. The first-order valence-corrected chi connectivity index (χ1v) is 8.81. The molecule has 0 aromatic carbocycles. The molecular weight excluding hydrogens is 296 g/mol. The SMILES string of the molecule is [N-]=[N+]=N[C@H]1CCCO[C@@H]1NC(=O)OC12CC3CC(CC(C3)C1)C2. The van der Waals surface area contributed by atoms with Crippen LogP contribution in [0.3, 0.4) is 0 Å². The van der Waals surface area contributed by atoms with Crippen LogP contribution in [0.2, 0.25) is 0 Å². The van der Waals surface area contributed by atoms with Crippen molar-refractivity contribution >= 4 is 6.09 Å². The Morgan fingerprint density at radius 3 is 2.48 bits per heavy atom. The molecule has 4 bridgehead atoms. The van der Waals surface area contributed by atoms with Crippen molar-refractivity contribution in [1.82, 2.24) is 5.32 Å². The quantitative estimate of drug-likeness (QED) is 0.489. The summed E-state index contributed by atoms with van der Waals surface area (Å²) < 4.78 is 11.5. The third-order valence-electron chi connectivity index (χ3n) is 6.04. The molecule has 7 nitrogen and oxygen atoms in total. The standard InChI is InChI=1S/C16H24N4O3/c17-20-19-13-2-1-3-22-14(13)18-15(21)23-16-7-10-4-11(8-16)6-12(5-10)9-16/h10-14H,1-9H2,(H,18,21)/t10?,11?,12?,13-,14-,16?/m0/s1. The number of nitrogens with one attached hydrogen (secondary N) is 1. The number of nitrogens with zero attached hydrogens (tertiary/aromatic N) is 3. The van der Waals surface area contributed by atoms with Gasteiger partial charge in [0.25, 0.3) is 0 Å². The summed E-state index contributed by atoms with van der Waals surface area (Å²) in [6, 6.07) is -0.349. The van der Waals surface area contributed by atoms with E-state index in [4.69, 9.17) is 15.0 Å². The largest absolute Gasteiger partial charge is 0.443 e. The van der Waals surface area contributed by atoms with Crippen molar-refractivity contribution in [2.24, 2.45) is 22.9 Å². The molecule has 2 atom stereocenters. The van der Waals surface area contributed by atoms with Crippen LogP contribution < -0.4 is 5.32 Å². The lowest BCUT2D eigenvalue weighted by Gasteiger charge is -2.55. The Labute approximate surface area is 135 Å². The number of alkyl carbamates (subject to hydrolysis) is 1. The summed E-state index contributed by atoms with van der Waals surface area (Å²) in [5.41, 5.74) is 8.38. The second-order valence-electron chi connectivity index (χ2n) is 7.84. The highest BCUT2D eigenvalue weighted by atomic mass is 16.6. The maximum atomic E-state index is 12.4. The molecular formula is C16H24N4O3. The van der Waals surface area contributed by atoms with Crippen molar-refractivity contribution in [1.29, 1.82) is 0 Å². The molecule has 7 heteroatoms. The number of hydrogen-bond donors (Lipinski definition) is 1. The van der Waals surface area contributed by atoms with Gasteiger partial charge in [0, 0.05) is 11.5 Å². The van der Waals surface area contributed by atoms with Crippen molar-refractivity contribution in [2.75, 3.05) is 6.61 Å². The fourth-order valence-electron chi connectivity index (χ4n) is 5.59. The average Bonchev–Trinajstić information content (AvgIpc) is 2.47. The molecule has 126 valence electrons. The lowest BCUT2D eigenvalue weighted by atomic mass is 9.54. The van der Waals surface area contributed by atoms with Gasteiger partial charge < -0.3 is 9.47 Å². The molecule has 0 aromatic heterocycles. The molecule has 5 fully saturated rings. The lowest BCUT2D eigenvalue weighted by Crippen LogP contribution is -2.55. The first kappa shape index (κ1) is 15.1. The summed E-state index contributed by atoms with van der Waals surface area (Å²) >= 11 is 0. The smallest absolute Gasteiger partial charge is 0.409 e. The molecule has 1 saturated heterocycles. The van der Waals surface area contributed by atoms with Gasteiger partial charge in [-0.2, -0.15) is 0 Å². The number of rotatable bonds is 3. The van der Waals surface area contributed by atoms with Crippen molar-refractivity contribution < 1.29 is 14.3 Å². The average molecular weight is 320 g/mol. The highest BCUT2D eigenvalue weighted by Crippen LogP contribution is 2.57. The van der Waals surface area contributed by atoms with Crippen LogP contribution in [0.5, 0.6) is 0 Å². The molecule has 23 heavy (non-hydrogen) atoms. The van der Waals surface area contributed by atoms with Gasteiger partial charge in [0.05, 0.1) is 6.04 Å². The minimum absolute atomic E-state index is 0.262. The highest BCUT2D eigenvalue weighted by Gasteiger charge is 2.53. The summed E-state index contributed by atoms with van der Waals surface area (Å²) in [6.45, 7) is 0.569. The third kappa shape index (κ3) is 3.00. The van der Waals surface area contributed by atoms with E-state index >= 15 is 0 Å². The van der Waals surface area contributed by atoms with Gasteiger partial charge in [0.2, 0.25) is 0 Å². The Morgan fingerprint density at radius 2 is 1.87 bits per heavy atom. The van der Waals surface area contributed by atoms with Crippen LogP contribution in [0.4, 0.5) is 4.79 Å². The van der Waals surface area contributed by atoms with Gasteiger partial charge in [-0.3, -0.25) is 5.32 Å². The van der Waals surface area contributed by atoms with Crippen LogP contribution in [-0.4, -0.2) is 30.6 Å². The van der Waals surface area contributed by atoms with E-state index < -0.39 is 12.3 Å². The maximum absolute atomic E-state index is 12.4. The van der Waals surface area contributed by atoms with Gasteiger partial charge in [-0.15, -0.1) is 0 Å². The van der Waals surface area contributed by atoms with E-state index in [-0.39, 0.29) is 11.6 Å². The monoisotopic (exact) mass is 320 g/mol. The zero-order valence-corrected chi connectivity index (χ0v) is 13.3. The summed E-state index contributed by atoms with van der Waals surface area (Å²) in [6.07, 6.45) is 7.56. The van der Waals surface area contributed by atoms with Gasteiger partial charge in [-0.1, -0.05) is 5.11 Å². The molecule has 0 spiro atoms. The molecule has 1 amide bonds. The number of amides is 1. The normalized spacial score (nSPS) is 44.4. The third-order valence-corrected chi connectivity index (χ3v) is 6.04. The van der Waals surface area contributed by atoms with Crippen LogP contribution in [0, 0.1) is 17.8 Å². The number of carbonyl (C=O) groups excluding carboxylic acids is 1. The van der Waals surface area contributed by atoms with Crippen molar-refractivity contribution in [3.8, 4) is 0 Å². The minimum atomic E-state index is -0.568. The fraction of sp³-hybridized carbons (Fsp3) is 0.938. The van der Waals surface area contributed by atoms with E-state index in [9.17, 15) is 4.79 Å². The summed E-state index contributed by atoms with van der Waals surface area (Å²) in [5.74, 6) is 2.20. The zero-order chi connectivity index (χ0) is 15.9. The lowest BCUT2D eigenvalue weighted by molar-refractivity contribution is -0.131. The predicted octanol–water partition coefficient (Wildman–Crippen LogP) is 3.50. The number of hydrogen-bond acceptors (Lipinski definition) is 4. The van der Waals surface area contributed by atoms with Gasteiger partial charge >= 0.3 is 6.09 Å². The molecule has 4 aliphatic carbocycles. The van der Waals surface area contributed by atoms with Crippen molar-refractivity contribution in [3.05, 3.63) is 10.4 Å². The Hall–Kier alpha value is -1.46. The molecule has 1 heterocycles. The van der Waals surface area contributed by atoms with Crippen LogP contribution in [0.1, 0.15) is 51.4 Å². The topological polar surface area (TPSA) is 96.3 Å². The second-order valence-corrected chi connectivity index (χ2v) is 7.84. The Kier molecular flexibility index (Phi) is 3.85. The molecule has 0 unspecified atom stereocenters. The number of carbonyl (C=O) groups is 1. The van der Waals surface area contributed by atoms with E-state index in [0.717, 1.165) is 49.9 Å². The molecule has 5 rings (SSSR count). The Balaban J connectivity index is 1.39. The maximum Gasteiger partial charge on any atom is 0.409 e. The van der Waals surface area contributed by atoms with Crippen molar-refractivity contribution in [2.45, 2.75) is 69.2 Å². The Morgan fingerprint density at radius 1 is 1.22 bits per heavy atom. The minimum Gasteiger partial charge on any atom is -0.443 e. The second kappa shape index (κ2) is 5.87. The Bertz CT molecular complexity index is 496. The molecule has 5 aliphatic rings.